The molecule has 0 aromatic rings. The van der Waals surface area contributed by atoms with E-state index in [1.54, 1.807) is 0 Å². The summed E-state index contributed by atoms with van der Waals surface area (Å²) in [5.41, 5.74) is 6.92. The quantitative estimate of drug-likeness (QED) is 0.585. The Labute approximate surface area is 62.6 Å². The van der Waals surface area contributed by atoms with Crippen LogP contribution in [-0.4, -0.2) is 6.54 Å². The molecule has 0 saturated carbocycles. The zero-order valence-electron chi connectivity index (χ0n) is 6.67. The van der Waals surface area contributed by atoms with Crippen LogP contribution in [0.2, 0.25) is 0 Å². The molecule has 2 unspecified atom stereocenters. The molecule has 0 heterocycles. The van der Waals surface area contributed by atoms with Crippen molar-refractivity contribution in [3.8, 4) is 0 Å². The van der Waals surface area contributed by atoms with Crippen LogP contribution < -0.4 is 5.73 Å². The lowest BCUT2D eigenvalue weighted by Gasteiger charge is -2.19. The molecule has 0 spiro atoms. The summed E-state index contributed by atoms with van der Waals surface area (Å²) in [7, 11) is 0. The number of nitrogens with two attached hydrogens (primary N) is 1. The summed E-state index contributed by atoms with van der Waals surface area (Å²) in [6, 6.07) is 0. The second kappa shape index (κ2) is 3.02. The van der Waals surface area contributed by atoms with E-state index in [0.717, 1.165) is 6.54 Å². The molecule has 0 aliphatic heterocycles. The molecule has 0 amide bonds. The van der Waals surface area contributed by atoms with Crippen molar-refractivity contribution in [3.63, 3.8) is 0 Å². The minimum absolute atomic E-state index is 0.559. The third kappa shape index (κ3) is 1.48. The van der Waals surface area contributed by atoms with Crippen molar-refractivity contribution in [1.82, 2.24) is 0 Å². The van der Waals surface area contributed by atoms with Crippen LogP contribution in [0.25, 0.3) is 0 Å². The van der Waals surface area contributed by atoms with E-state index in [0.29, 0.717) is 11.8 Å². The number of rotatable bonds is 1. The zero-order chi connectivity index (χ0) is 7.56. The molecule has 1 rings (SSSR count). The molecule has 1 aliphatic rings. The predicted molar refractivity (Wildman–Crippen MR) is 44.6 cm³/mol. The van der Waals surface area contributed by atoms with Gasteiger partial charge in [-0.15, -0.1) is 0 Å². The van der Waals surface area contributed by atoms with Gasteiger partial charge in [-0.25, -0.2) is 0 Å². The smallest absolute Gasteiger partial charge is 0.000849 e. The average molecular weight is 137 g/mol. The Morgan fingerprint density at radius 2 is 2.30 bits per heavy atom. The highest BCUT2D eigenvalue weighted by Crippen LogP contribution is 2.20. The molecule has 0 bridgehead atoms. The van der Waals surface area contributed by atoms with Crippen molar-refractivity contribution in [2.75, 3.05) is 6.54 Å². The molecule has 0 radical (unpaired) electrons. The van der Waals surface area contributed by atoms with Gasteiger partial charge >= 0.3 is 0 Å². The second-order valence-corrected chi connectivity index (χ2v) is 3.03. The van der Waals surface area contributed by atoms with E-state index < -0.39 is 0 Å². The van der Waals surface area contributed by atoms with Gasteiger partial charge in [0.05, 0.1) is 0 Å². The lowest BCUT2D eigenvalue weighted by Crippen LogP contribution is -2.20. The minimum Gasteiger partial charge on any atom is -0.330 e. The summed E-state index contributed by atoms with van der Waals surface area (Å²) in [6.07, 6.45) is 6.63. The fourth-order valence-corrected chi connectivity index (χ4v) is 1.34. The van der Waals surface area contributed by atoms with Crippen molar-refractivity contribution < 1.29 is 0 Å². The van der Waals surface area contributed by atoms with Crippen LogP contribution in [0.3, 0.4) is 0 Å². The monoisotopic (exact) mass is 137 g/mol. The van der Waals surface area contributed by atoms with Crippen LogP contribution in [0, 0.1) is 11.8 Å². The van der Waals surface area contributed by atoms with Crippen molar-refractivity contribution in [2.45, 2.75) is 13.8 Å². The lowest BCUT2D eigenvalue weighted by molar-refractivity contribution is 0.514. The molecule has 0 fully saturated rings. The topological polar surface area (TPSA) is 26.0 Å². The van der Waals surface area contributed by atoms with Crippen LogP contribution in [0.1, 0.15) is 13.8 Å². The van der Waals surface area contributed by atoms with E-state index in [9.17, 15) is 0 Å². The normalized spacial score (nSPS) is 32.1. The molecular weight excluding hydrogens is 122 g/mol. The van der Waals surface area contributed by atoms with Crippen molar-refractivity contribution in [3.05, 3.63) is 23.8 Å². The number of hydrogen-bond donors (Lipinski definition) is 1. The maximum atomic E-state index is 5.56. The summed E-state index contributed by atoms with van der Waals surface area (Å²) < 4.78 is 0. The highest BCUT2D eigenvalue weighted by molar-refractivity contribution is 5.23. The molecule has 2 N–H and O–H groups in total. The summed E-state index contributed by atoms with van der Waals surface area (Å²) >= 11 is 0. The maximum absolute atomic E-state index is 5.56. The highest BCUT2D eigenvalue weighted by atomic mass is 14.5. The number of allylic oxidation sites excluding steroid dienone is 3. The van der Waals surface area contributed by atoms with E-state index >= 15 is 0 Å². The molecule has 10 heavy (non-hydrogen) atoms. The van der Waals surface area contributed by atoms with Gasteiger partial charge in [0.2, 0.25) is 0 Å². The van der Waals surface area contributed by atoms with Gasteiger partial charge < -0.3 is 5.73 Å². The Kier molecular flexibility index (Phi) is 2.28. The Hall–Kier alpha value is -0.560. The Balaban J connectivity index is 2.64. The van der Waals surface area contributed by atoms with E-state index in [-0.39, 0.29) is 0 Å². The largest absolute Gasteiger partial charge is 0.330 e. The van der Waals surface area contributed by atoms with E-state index in [2.05, 4.69) is 32.1 Å². The third-order valence-electron chi connectivity index (χ3n) is 2.08. The number of hydrogen-bond acceptors (Lipinski definition) is 1. The van der Waals surface area contributed by atoms with Gasteiger partial charge in [0, 0.05) is 0 Å². The maximum Gasteiger partial charge on any atom is -0.000849 e. The summed E-state index contributed by atoms with van der Waals surface area (Å²) in [5.74, 6) is 1.18. The lowest BCUT2D eigenvalue weighted by atomic mass is 9.88. The Morgan fingerprint density at radius 1 is 1.60 bits per heavy atom. The summed E-state index contributed by atoms with van der Waals surface area (Å²) in [6.45, 7) is 5.10. The molecule has 56 valence electrons. The molecule has 1 aliphatic carbocycles. The molecule has 1 nitrogen and oxygen atoms in total. The van der Waals surface area contributed by atoms with Crippen molar-refractivity contribution in [1.29, 1.82) is 0 Å². The van der Waals surface area contributed by atoms with Crippen LogP contribution in [-0.2, 0) is 0 Å². The summed E-state index contributed by atoms with van der Waals surface area (Å²) in [5, 5.41) is 0. The Morgan fingerprint density at radius 3 is 2.80 bits per heavy atom. The molecule has 0 saturated heterocycles. The molecular formula is C9H15N. The van der Waals surface area contributed by atoms with Gasteiger partial charge in [0.25, 0.3) is 0 Å². The van der Waals surface area contributed by atoms with Crippen LogP contribution >= 0.6 is 0 Å². The van der Waals surface area contributed by atoms with Crippen molar-refractivity contribution >= 4 is 0 Å². The molecule has 2 atom stereocenters. The van der Waals surface area contributed by atoms with Crippen LogP contribution in [0.5, 0.6) is 0 Å². The second-order valence-electron chi connectivity index (χ2n) is 3.03. The first-order valence-corrected chi connectivity index (χ1v) is 3.80. The van der Waals surface area contributed by atoms with Gasteiger partial charge in [-0.2, -0.15) is 0 Å². The van der Waals surface area contributed by atoms with Gasteiger partial charge in [-0.3, -0.25) is 0 Å². The van der Waals surface area contributed by atoms with Gasteiger partial charge in [0.1, 0.15) is 0 Å². The van der Waals surface area contributed by atoms with Gasteiger partial charge in [-0.05, 0) is 25.3 Å². The molecule has 0 aromatic carbocycles. The first-order chi connectivity index (χ1) is 4.74. The highest BCUT2D eigenvalue weighted by Gasteiger charge is 2.12. The molecule has 1 heteroatoms. The standard InChI is InChI=1S/C9H15N/c1-7-3-4-9(6-10)8(2)5-7/h3-5,8-9H,6,10H2,1-2H3. The molecule has 0 aromatic heterocycles. The summed E-state index contributed by atoms with van der Waals surface area (Å²) in [4.78, 5) is 0. The van der Waals surface area contributed by atoms with Gasteiger partial charge in [-0.1, -0.05) is 30.7 Å². The van der Waals surface area contributed by atoms with E-state index in [4.69, 9.17) is 5.73 Å². The van der Waals surface area contributed by atoms with Gasteiger partial charge in [0.15, 0.2) is 0 Å². The first-order valence-electron chi connectivity index (χ1n) is 3.80. The zero-order valence-corrected chi connectivity index (χ0v) is 6.67. The van der Waals surface area contributed by atoms with Crippen LogP contribution in [0.4, 0.5) is 0 Å². The van der Waals surface area contributed by atoms with Crippen molar-refractivity contribution in [2.24, 2.45) is 17.6 Å². The third-order valence-corrected chi connectivity index (χ3v) is 2.08. The Bertz CT molecular complexity index is 168. The fourth-order valence-electron chi connectivity index (χ4n) is 1.34. The van der Waals surface area contributed by atoms with E-state index in [1.807, 2.05) is 0 Å². The predicted octanol–water partition coefficient (Wildman–Crippen LogP) is 1.71. The SMILES string of the molecule is CC1=CC(C)C(CN)C=C1. The minimum atomic E-state index is 0.559. The van der Waals surface area contributed by atoms with E-state index in [1.165, 1.54) is 5.57 Å². The first kappa shape index (κ1) is 7.55. The van der Waals surface area contributed by atoms with Crippen LogP contribution in [0.15, 0.2) is 23.8 Å². The average Bonchev–Trinajstić information content (AvgIpc) is 1.88. The fraction of sp³-hybridized carbons (Fsp3) is 0.556.